The predicted molar refractivity (Wildman–Crippen MR) is 285 cm³/mol. The van der Waals surface area contributed by atoms with Crippen LogP contribution in [0.5, 0.6) is 0 Å². The number of allylic oxidation sites excluding steroid dienone is 1. The molecular formula is C58H92O27. The summed E-state index contributed by atoms with van der Waals surface area (Å²) in [7, 11) is 1.67. The van der Waals surface area contributed by atoms with Crippen molar-refractivity contribution >= 4 is 17.9 Å². The van der Waals surface area contributed by atoms with E-state index in [0.29, 0.717) is 19.3 Å². The minimum atomic E-state index is -1.98. The molecule has 5 heterocycles. The summed E-state index contributed by atoms with van der Waals surface area (Å²) >= 11 is 0. The van der Waals surface area contributed by atoms with E-state index in [1.807, 2.05) is 6.92 Å². The minimum absolute atomic E-state index is 0.0158. The Morgan fingerprint density at radius 2 is 1.27 bits per heavy atom. The number of fused-ring (bicyclic) bond motifs is 7. The smallest absolute Gasteiger partial charge is 0.303 e. The molecule has 11 N–H and O–H groups in total. The van der Waals surface area contributed by atoms with E-state index in [1.54, 1.807) is 7.11 Å². The van der Waals surface area contributed by atoms with Gasteiger partial charge >= 0.3 is 17.9 Å². The number of hydrogen-bond acceptors (Lipinski definition) is 27. The highest BCUT2D eigenvalue weighted by molar-refractivity contribution is 5.68. The van der Waals surface area contributed by atoms with Crippen LogP contribution in [0.4, 0.5) is 0 Å². The molecule has 4 aliphatic carbocycles. The topological polar surface area (TPSA) is 394 Å². The number of rotatable bonds is 19. The molecule has 0 amide bonds. The van der Waals surface area contributed by atoms with Gasteiger partial charge < -0.3 is 118 Å². The van der Waals surface area contributed by atoms with Gasteiger partial charge in [0.25, 0.3) is 0 Å². The zero-order valence-corrected chi connectivity index (χ0v) is 49.8. The largest absolute Gasteiger partial charge is 0.463 e. The predicted octanol–water partition coefficient (Wildman–Crippen LogP) is -1.67. The monoisotopic (exact) mass is 1220 g/mol. The van der Waals surface area contributed by atoms with Crippen LogP contribution in [-0.4, -0.2) is 255 Å². The maximum Gasteiger partial charge on any atom is 0.303 e. The lowest BCUT2D eigenvalue weighted by atomic mass is 9.46. The van der Waals surface area contributed by atoms with Crippen molar-refractivity contribution < 1.29 is 132 Å². The van der Waals surface area contributed by atoms with Crippen LogP contribution >= 0.6 is 0 Å². The van der Waals surface area contributed by atoms with Crippen molar-refractivity contribution in [1.29, 1.82) is 0 Å². The van der Waals surface area contributed by atoms with Gasteiger partial charge in [0.15, 0.2) is 49.3 Å². The highest BCUT2D eigenvalue weighted by Gasteiger charge is 2.70. The molecule has 85 heavy (non-hydrogen) atoms. The molecule has 8 fully saturated rings. The third-order valence-electron chi connectivity index (χ3n) is 20.7. The fourth-order valence-corrected chi connectivity index (χ4v) is 16.2. The second kappa shape index (κ2) is 26.6. The van der Waals surface area contributed by atoms with Crippen molar-refractivity contribution in [2.45, 2.75) is 254 Å². The Morgan fingerprint density at radius 3 is 1.89 bits per heavy atom. The first-order chi connectivity index (χ1) is 40.1. The van der Waals surface area contributed by atoms with Crippen LogP contribution < -0.4 is 0 Å². The molecule has 5 saturated heterocycles. The van der Waals surface area contributed by atoms with E-state index in [1.165, 1.54) is 6.92 Å². The van der Waals surface area contributed by atoms with Crippen LogP contribution in [0, 0.1) is 46.3 Å². The molecule has 0 spiro atoms. The lowest BCUT2D eigenvalue weighted by molar-refractivity contribution is -0.388. The molecule has 0 radical (unpaired) electrons. The van der Waals surface area contributed by atoms with E-state index < -0.39 is 184 Å². The van der Waals surface area contributed by atoms with Crippen LogP contribution in [0.15, 0.2) is 11.6 Å². The summed E-state index contributed by atoms with van der Waals surface area (Å²) in [5.41, 5.74) is 0.0158. The Labute approximate surface area is 493 Å². The Hall–Kier alpha value is -2.69. The van der Waals surface area contributed by atoms with Crippen molar-refractivity contribution in [3.05, 3.63) is 11.6 Å². The molecule has 5 aliphatic heterocycles. The van der Waals surface area contributed by atoms with E-state index in [9.17, 15) is 70.6 Å². The number of methoxy groups -OCH3 is 1. The van der Waals surface area contributed by atoms with Crippen LogP contribution in [0.3, 0.4) is 0 Å². The molecule has 486 valence electrons. The van der Waals surface area contributed by atoms with Crippen molar-refractivity contribution in [2.75, 3.05) is 33.5 Å². The van der Waals surface area contributed by atoms with E-state index in [2.05, 4.69) is 26.8 Å². The van der Waals surface area contributed by atoms with Gasteiger partial charge in [-0.3, -0.25) is 14.4 Å². The van der Waals surface area contributed by atoms with Crippen molar-refractivity contribution in [1.82, 2.24) is 0 Å². The molecule has 9 rings (SSSR count). The average Bonchev–Trinajstić information content (AvgIpc) is 1.64. The van der Waals surface area contributed by atoms with Gasteiger partial charge in [0, 0.05) is 52.1 Å². The van der Waals surface area contributed by atoms with Gasteiger partial charge in [0.2, 0.25) is 0 Å². The third kappa shape index (κ3) is 12.7. The van der Waals surface area contributed by atoms with E-state index in [0.717, 1.165) is 52.0 Å². The highest BCUT2D eigenvalue weighted by atomic mass is 16.8. The maximum absolute atomic E-state index is 13.2. The molecule has 27 nitrogen and oxygen atoms in total. The molecule has 0 aromatic heterocycles. The highest BCUT2D eigenvalue weighted by Crippen LogP contribution is 2.71. The lowest BCUT2D eigenvalue weighted by Gasteiger charge is -2.60. The van der Waals surface area contributed by atoms with Crippen LogP contribution in [-0.2, 0) is 76.0 Å². The first kappa shape index (κ1) is 66.7. The number of esters is 3. The summed E-state index contributed by atoms with van der Waals surface area (Å²) in [6.07, 6.45) is -26.9. The van der Waals surface area contributed by atoms with Crippen molar-refractivity contribution in [3.63, 3.8) is 0 Å². The Balaban J connectivity index is 0.964. The summed E-state index contributed by atoms with van der Waals surface area (Å²) < 4.78 is 80.0. The van der Waals surface area contributed by atoms with Gasteiger partial charge in [-0.1, -0.05) is 39.3 Å². The van der Waals surface area contributed by atoms with Gasteiger partial charge in [-0.05, 0) is 80.5 Å². The Morgan fingerprint density at radius 1 is 0.671 bits per heavy atom. The quantitative estimate of drug-likeness (QED) is 0.0391. The molecule has 9 aliphatic rings. The first-order valence-corrected chi connectivity index (χ1v) is 30.1. The van der Waals surface area contributed by atoms with Gasteiger partial charge in [0.1, 0.15) is 79.9 Å². The van der Waals surface area contributed by atoms with Crippen molar-refractivity contribution in [3.8, 4) is 0 Å². The van der Waals surface area contributed by atoms with Crippen molar-refractivity contribution in [2.24, 2.45) is 46.3 Å². The summed E-state index contributed by atoms with van der Waals surface area (Å²) in [5.74, 6) is -3.06. The number of hydrogen-bond donors (Lipinski definition) is 11. The fourth-order valence-electron chi connectivity index (χ4n) is 16.2. The molecule has 32 unspecified atom stereocenters. The van der Waals surface area contributed by atoms with Gasteiger partial charge in [-0.2, -0.15) is 0 Å². The van der Waals surface area contributed by atoms with Gasteiger partial charge in [0.05, 0.1) is 44.2 Å². The van der Waals surface area contributed by atoms with Gasteiger partial charge in [-0.15, -0.1) is 0 Å². The summed E-state index contributed by atoms with van der Waals surface area (Å²) in [6, 6.07) is 0. The zero-order chi connectivity index (χ0) is 61.9. The minimum Gasteiger partial charge on any atom is -0.463 e. The molecule has 0 aromatic rings. The van der Waals surface area contributed by atoms with Crippen LogP contribution in [0.2, 0.25) is 0 Å². The zero-order valence-electron chi connectivity index (χ0n) is 49.8. The molecule has 32 atom stereocenters. The molecule has 0 aromatic carbocycles. The molecule has 3 saturated carbocycles. The number of aliphatic hydroxyl groups is 11. The maximum atomic E-state index is 13.2. The van der Waals surface area contributed by atoms with Crippen LogP contribution in [0.1, 0.15) is 107 Å². The molecular weight excluding hydrogens is 1130 g/mol. The summed E-state index contributed by atoms with van der Waals surface area (Å²) in [5, 5.41) is 118. The number of carbonyl (C=O) groups excluding carboxylic acids is 3. The second-order valence-electron chi connectivity index (χ2n) is 25.9. The normalized spacial score (nSPS) is 50.0. The second-order valence-corrected chi connectivity index (χ2v) is 25.9. The Bertz CT molecular complexity index is 2330. The average molecular weight is 1220 g/mol. The molecule has 27 heteroatoms. The third-order valence-corrected chi connectivity index (χ3v) is 20.7. The van der Waals surface area contributed by atoms with Crippen LogP contribution in [0.25, 0.3) is 0 Å². The summed E-state index contributed by atoms with van der Waals surface area (Å²) in [6.45, 7) is 11.7. The Kier molecular flexibility index (Phi) is 20.9. The first-order valence-electron chi connectivity index (χ1n) is 30.1. The van der Waals surface area contributed by atoms with E-state index >= 15 is 0 Å². The van der Waals surface area contributed by atoms with Gasteiger partial charge in [-0.25, -0.2) is 0 Å². The number of carbonyl (C=O) groups is 3. The fraction of sp³-hybridized carbons (Fsp3) is 0.914. The molecule has 0 bridgehead atoms. The SMILES string of the molecule is COC1(CCC(C)COC2OC(CO)C(O)C(O)C2O)OC2CC3C4CC=C5CC(O)CC(OC6OC(COC(C)=O)C(OC(C)=O)C(OC(C)=O)C6OC6OC(C)C(O)C(OC7OC(CO)C(O)C(O)C7O)C6O)C5(C)C4CCC3(C)C2C1C. The standard InChI is InChI=1S/C58H92O27/c1-23(21-75-52-45(70)43(68)41(66)35(19-59)79-52)12-15-58(73-9)24(2)39-34(85-58)18-33-31-11-10-29-16-30(64)17-38(57(29,8)32(31)13-14-56(33,39)7)82-55-51(50(78-28(6)63)48(77-27(5)62)37(81-55)22-74-26(4)61)84-54-47(72)49(40(65)25(3)76-54)83-53-46(71)44(69)42(67)36(20-60)80-53/h10,23-25,30-55,59-60,64-72H,11-22H2,1-9H3. The van der Waals surface area contributed by atoms with E-state index in [-0.39, 0.29) is 60.1 Å². The lowest BCUT2D eigenvalue weighted by Crippen LogP contribution is -2.67. The number of ether oxygens (including phenoxy) is 13. The summed E-state index contributed by atoms with van der Waals surface area (Å²) in [4.78, 5) is 38.5. The van der Waals surface area contributed by atoms with E-state index in [4.69, 9.17) is 61.6 Å². The number of aliphatic hydroxyl groups excluding tert-OH is 11.